The molecular formula is C11H14O7. The van der Waals surface area contributed by atoms with Gasteiger partial charge in [0.2, 0.25) is 6.10 Å². The third-order valence-electron chi connectivity index (χ3n) is 1.53. The van der Waals surface area contributed by atoms with Crippen LogP contribution in [0.2, 0.25) is 0 Å². The van der Waals surface area contributed by atoms with Gasteiger partial charge in [0.1, 0.15) is 0 Å². The minimum absolute atomic E-state index is 0.0686. The van der Waals surface area contributed by atoms with E-state index in [0.29, 0.717) is 0 Å². The molecule has 0 heterocycles. The molecule has 0 spiro atoms. The van der Waals surface area contributed by atoms with Crippen LogP contribution in [0.3, 0.4) is 0 Å². The van der Waals surface area contributed by atoms with E-state index < -0.39 is 30.6 Å². The minimum atomic E-state index is -1.46. The van der Waals surface area contributed by atoms with Gasteiger partial charge in [-0.15, -0.1) is 0 Å². The maximum absolute atomic E-state index is 11.4. The quantitative estimate of drug-likeness (QED) is 0.386. The molecule has 0 saturated heterocycles. The molecule has 0 radical (unpaired) electrons. The van der Waals surface area contributed by atoms with E-state index >= 15 is 0 Å². The molecule has 0 aliphatic carbocycles. The molecule has 100 valence electrons. The standard InChI is InChI=1S/C11H14O7/c1-4-15-9(12)7-8(10(13)16-5-2)18-11(14)17-6-3/h4-5,8H,1-2,6-7H2,3H3. The molecule has 0 bridgehead atoms. The van der Waals surface area contributed by atoms with Crippen LogP contribution in [0.1, 0.15) is 13.3 Å². The van der Waals surface area contributed by atoms with Crippen molar-refractivity contribution in [1.29, 1.82) is 0 Å². The summed E-state index contributed by atoms with van der Waals surface area (Å²) in [4.78, 5) is 33.6. The van der Waals surface area contributed by atoms with Gasteiger partial charge in [0.25, 0.3) is 0 Å². The summed E-state index contributed by atoms with van der Waals surface area (Å²) in [5, 5.41) is 0. The first-order valence-corrected chi connectivity index (χ1v) is 5.00. The van der Waals surface area contributed by atoms with Gasteiger partial charge >= 0.3 is 18.1 Å². The number of hydrogen-bond donors (Lipinski definition) is 0. The molecule has 18 heavy (non-hydrogen) atoms. The molecule has 0 aliphatic rings. The van der Waals surface area contributed by atoms with Crippen molar-refractivity contribution in [1.82, 2.24) is 0 Å². The molecule has 0 N–H and O–H groups in total. The number of carbonyl (C=O) groups is 3. The van der Waals surface area contributed by atoms with Crippen LogP contribution >= 0.6 is 0 Å². The van der Waals surface area contributed by atoms with Crippen molar-refractivity contribution in [3.05, 3.63) is 25.7 Å². The average molecular weight is 258 g/mol. The summed E-state index contributed by atoms with van der Waals surface area (Å²) in [6.45, 7) is 7.97. The monoisotopic (exact) mass is 258 g/mol. The number of esters is 2. The zero-order valence-corrected chi connectivity index (χ0v) is 9.92. The van der Waals surface area contributed by atoms with Gasteiger partial charge in [0.05, 0.1) is 25.6 Å². The van der Waals surface area contributed by atoms with Gasteiger partial charge in [-0.05, 0) is 6.92 Å². The molecule has 7 nitrogen and oxygen atoms in total. The third-order valence-corrected chi connectivity index (χ3v) is 1.53. The van der Waals surface area contributed by atoms with Crippen molar-refractivity contribution in [3.8, 4) is 0 Å². The minimum Gasteiger partial charge on any atom is -0.435 e. The number of carbonyl (C=O) groups excluding carboxylic acids is 3. The molecule has 1 atom stereocenters. The molecule has 0 aromatic rings. The SMILES string of the molecule is C=COC(=O)CC(OC(=O)OCC)C(=O)OC=C. The predicted molar refractivity (Wildman–Crippen MR) is 59.1 cm³/mol. The van der Waals surface area contributed by atoms with Crippen LogP contribution in [0.5, 0.6) is 0 Å². The van der Waals surface area contributed by atoms with E-state index in [-0.39, 0.29) is 6.61 Å². The first-order valence-electron chi connectivity index (χ1n) is 5.00. The van der Waals surface area contributed by atoms with Crippen LogP contribution in [0.25, 0.3) is 0 Å². The van der Waals surface area contributed by atoms with E-state index in [9.17, 15) is 14.4 Å². The largest absolute Gasteiger partial charge is 0.509 e. The van der Waals surface area contributed by atoms with E-state index in [0.717, 1.165) is 12.5 Å². The first-order chi connectivity index (χ1) is 8.54. The molecule has 0 fully saturated rings. The highest BCUT2D eigenvalue weighted by atomic mass is 16.7. The van der Waals surface area contributed by atoms with Crippen molar-refractivity contribution in [2.24, 2.45) is 0 Å². The summed E-state index contributed by atoms with van der Waals surface area (Å²) in [6, 6.07) is 0. The van der Waals surface area contributed by atoms with Crippen LogP contribution < -0.4 is 0 Å². The Hall–Kier alpha value is -2.31. The van der Waals surface area contributed by atoms with Crippen molar-refractivity contribution in [2.45, 2.75) is 19.4 Å². The van der Waals surface area contributed by atoms with Crippen LogP contribution in [-0.4, -0.2) is 30.8 Å². The van der Waals surface area contributed by atoms with E-state index in [4.69, 9.17) is 0 Å². The van der Waals surface area contributed by atoms with Crippen LogP contribution in [0, 0.1) is 0 Å². The third kappa shape index (κ3) is 6.31. The Kier molecular flexibility index (Phi) is 7.67. The lowest BCUT2D eigenvalue weighted by Crippen LogP contribution is -2.31. The Bertz CT molecular complexity index is 334. The second kappa shape index (κ2) is 8.80. The fourth-order valence-electron chi connectivity index (χ4n) is 0.892. The fourth-order valence-corrected chi connectivity index (χ4v) is 0.892. The zero-order valence-electron chi connectivity index (χ0n) is 9.92. The highest BCUT2D eigenvalue weighted by Crippen LogP contribution is 2.06. The highest BCUT2D eigenvalue weighted by molar-refractivity contribution is 5.84. The topological polar surface area (TPSA) is 88.1 Å². The Morgan fingerprint density at radius 3 is 2.28 bits per heavy atom. The van der Waals surface area contributed by atoms with Gasteiger partial charge in [0.15, 0.2) is 0 Å². The Labute approximate surface area is 104 Å². The van der Waals surface area contributed by atoms with E-state index in [2.05, 4.69) is 32.1 Å². The van der Waals surface area contributed by atoms with Crippen molar-refractivity contribution in [2.75, 3.05) is 6.61 Å². The van der Waals surface area contributed by atoms with E-state index in [1.54, 1.807) is 6.92 Å². The average Bonchev–Trinajstić information content (AvgIpc) is 2.29. The Morgan fingerprint density at radius 2 is 1.78 bits per heavy atom. The molecule has 7 heteroatoms. The molecule has 0 saturated carbocycles. The number of ether oxygens (including phenoxy) is 4. The zero-order chi connectivity index (χ0) is 14.0. The highest BCUT2D eigenvalue weighted by Gasteiger charge is 2.28. The number of hydrogen-bond acceptors (Lipinski definition) is 7. The van der Waals surface area contributed by atoms with Gasteiger partial charge in [0, 0.05) is 0 Å². The van der Waals surface area contributed by atoms with Crippen molar-refractivity contribution >= 4 is 18.1 Å². The summed E-state index contributed by atoms with van der Waals surface area (Å²) in [5.41, 5.74) is 0. The molecule has 0 aliphatic heterocycles. The molecular weight excluding hydrogens is 244 g/mol. The molecule has 0 amide bonds. The number of rotatable bonds is 7. The summed E-state index contributed by atoms with van der Waals surface area (Å²) >= 11 is 0. The summed E-state index contributed by atoms with van der Waals surface area (Å²) in [5.74, 6) is -1.76. The predicted octanol–water partition coefficient (Wildman–Crippen LogP) is 1.29. The van der Waals surface area contributed by atoms with Gasteiger partial charge in [-0.1, -0.05) is 13.2 Å². The second-order valence-electron chi connectivity index (χ2n) is 2.75. The summed E-state index contributed by atoms with van der Waals surface area (Å²) in [7, 11) is 0. The molecule has 1 unspecified atom stereocenters. The van der Waals surface area contributed by atoms with Crippen LogP contribution in [-0.2, 0) is 28.5 Å². The molecule has 0 rings (SSSR count). The molecule has 0 aromatic carbocycles. The van der Waals surface area contributed by atoms with E-state index in [1.807, 2.05) is 0 Å². The molecule has 0 aromatic heterocycles. The normalized spacial score (nSPS) is 10.7. The lowest BCUT2D eigenvalue weighted by molar-refractivity contribution is -0.155. The second-order valence-corrected chi connectivity index (χ2v) is 2.75. The lowest BCUT2D eigenvalue weighted by atomic mass is 10.2. The van der Waals surface area contributed by atoms with Crippen LogP contribution in [0.4, 0.5) is 4.79 Å². The maximum Gasteiger partial charge on any atom is 0.509 e. The van der Waals surface area contributed by atoms with E-state index in [1.165, 1.54) is 0 Å². The summed E-state index contributed by atoms with van der Waals surface area (Å²) in [6.07, 6.45) is -1.33. The Morgan fingerprint density at radius 1 is 1.17 bits per heavy atom. The Balaban J connectivity index is 4.55. The first kappa shape index (κ1) is 15.7. The van der Waals surface area contributed by atoms with Crippen molar-refractivity contribution < 1.29 is 33.3 Å². The van der Waals surface area contributed by atoms with Crippen LogP contribution in [0.15, 0.2) is 25.7 Å². The van der Waals surface area contributed by atoms with Gasteiger partial charge in [-0.25, -0.2) is 9.59 Å². The smallest absolute Gasteiger partial charge is 0.435 e. The van der Waals surface area contributed by atoms with Gasteiger partial charge in [-0.3, -0.25) is 4.79 Å². The van der Waals surface area contributed by atoms with Gasteiger partial charge in [-0.2, -0.15) is 0 Å². The fraction of sp³-hybridized carbons (Fsp3) is 0.364. The van der Waals surface area contributed by atoms with Gasteiger partial charge < -0.3 is 18.9 Å². The summed E-state index contributed by atoms with van der Waals surface area (Å²) < 4.78 is 17.9. The maximum atomic E-state index is 11.4. The lowest BCUT2D eigenvalue weighted by Gasteiger charge is -2.13. The van der Waals surface area contributed by atoms with Crippen molar-refractivity contribution in [3.63, 3.8) is 0 Å².